The van der Waals surface area contributed by atoms with Crippen molar-refractivity contribution in [1.29, 1.82) is 0 Å². The number of ether oxygens (including phenoxy) is 1. The Morgan fingerprint density at radius 1 is 1.24 bits per heavy atom. The van der Waals surface area contributed by atoms with Crippen molar-refractivity contribution in [2.75, 3.05) is 20.7 Å². The first kappa shape index (κ1) is 15.8. The van der Waals surface area contributed by atoms with Crippen molar-refractivity contribution >= 4 is 11.6 Å². The normalized spacial score (nSPS) is 12.2. The Balaban J connectivity index is 2.22. The summed E-state index contributed by atoms with van der Waals surface area (Å²) < 4.78 is 18.7. The summed E-state index contributed by atoms with van der Waals surface area (Å²) in [7, 11) is 3.38. The molecule has 0 amide bonds. The van der Waals surface area contributed by atoms with Crippen LogP contribution in [0.25, 0.3) is 0 Å². The van der Waals surface area contributed by atoms with Gasteiger partial charge in [0.05, 0.1) is 7.11 Å². The summed E-state index contributed by atoms with van der Waals surface area (Å²) in [6.45, 7) is 0.800. The second-order valence-corrected chi connectivity index (χ2v) is 5.42. The Morgan fingerprint density at radius 2 is 2.05 bits per heavy atom. The van der Waals surface area contributed by atoms with Crippen molar-refractivity contribution in [3.8, 4) is 5.75 Å². The van der Waals surface area contributed by atoms with Gasteiger partial charge in [-0.1, -0.05) is 29.8 Å². The Morgan fingerprint density at radius 3 is 2.67 bits per heavy atom. The van der Waals surface area contributed by atoms with E-state index in [1.807, 2.05) is 37.4 Å². The van der Waals surface area contributed by atoms with E-state index in [1.165, 1.54) is 13.2 Å². The Hall–Kier alpha value is -1.58. The lowest BCUT2D eigenvalue weighted by Gasteiger charge is -2.18. The maximum atomic E-state index is 13.8. The van der Waals surface area contributed by atoms with Crippen molar-refractivity contribution < 1.29 is 9.13 Å². The largest absolute Gasteiger partial charge is 0.494 e. The molecule has 0 aliphatic carbocycles. The smallest absolute Gasteiger partial charge is 0.165 e. The molecule has 1 N–H and O–H groups in total. The molecule has 0 aliphatic rings. The fourth-order valence-electron chi connectivity index (χ4n) is 2.44. The van der Waals surface area contributed by atoms with E-state index < -0.39 is 0 Å². The van der Waals surface area contributed by atoms with Crippen LogP contribution in [0.3, 0.4) is 0 Å². The Bertz CT molecular complexity index is 603. The van der Waals surface area contributed by atoms with Crippen LogP contribution in [-0.4, -0.2) is 20.7 Å². The lowest BCUT2D eigenvalue weighted by atomic mass is 9.92. The van der Waals surface area contributed by atoms with Crippen LogP contribution in [0.2, 0.25) is 5.02 Å². The molecule has 0 aromatic heterocycles. The fourth-order valence-corrected chi connectivity index (χ4v) is 2.63. The monoisotopic (exact) mass is 307 g/mol. The van der Waals surface area contributed by atoms with E-state index in [2.05, 4.69) is 5.32 Å². The van der Waals surface area contributed by atoms with E-state index in [9.17, 15) is 4.39 Å². The molecule has 2 aromatic carbocycles. The molecule has 112 valence electrons. The molecule has 0 fully saturated rings. The maximum absolute atomic E-state index is 13.8. The summed E-state index contributed by atoms with van der Waals surface area (Å²) in [6.07, 6.45) is 0.738. The lowest BCUT2D eigenvalue weighted by molar-refractivity contribution is 0.386. The zero-order valence-electron chi connectivity index (χ0n) is 12.2. The summed E-state index contributed by atoms with van der Waals surface area (Å²) in [5.74, 6) is 0.178. The van der Waals surface area contributed by atoms with Crippen LogP contribution in [0.15, 0.2) is 42.5 Å². The van der Waals surface area contributed by atoms with Crippen LogP contribution in [0.1, 0.15) is 17.0 Å². The molecule has 1 atom stereocenters. The first-order chi connectivity index (χ1) is 10.1. The van der Waals surface area contributed by atoms with Crippen LogP contribution in [0.5, 0.6) is 5.75 Å². The van der Waals surface area contributed by atoms with Gasteiger partial charge in [0.15, 0.2) is 11.6 Å². The van der Waals surface area contributed by atoms with Gasteiger partial charge in [-0.15, -0.1) is 0 Å². The van der Waals surface area contributed by atoms with Crippen molar-refractivity contribution in [3.63, 3.8) is 0 Å². The molecule has 4 heteroatoms. The second kappa shape index (κ2) is 7.43. The minimum absolute atomic E-state index is 0.237. The van der Waals surface area contributed by atoms with Crippen LogP contribution in [0, 0.1) is 5.82 Å². The third-order valence-corrected chi connectivity index (χ3v) is 3.70. The molecule has 0 heterocycles. The van der Waals surface area contributed by atoms with Crippen molar-refractivity contribution in [3.05, 3.63) is 64.4 Å². The molecule has 0 saturated heterocycles. The van der Waals surface area contributed by atoms with Gasteiger partial charge in [0, 0.05) is 17.5 Å². The average Bonchev–Trinajstić information content (AvgIpc) is 2.47. The Kier molecular flexibility index (Phi) is 5.59. The molecule has 0 radical (unpaired) electrons. The SMILES string of the molecule is CNCC(Cc1ccc(OC)c(F)c1)c1cccc(Cl)c1. The van der Waals surface area contributed by atoms with Gasteiger partial charge in [0.25, 0.3) is 0 Å². The molecule has 1 unspecified atom stereocenters. The number of halogens is 2. The second-order valence-electron chi connectivity index (χ2n) is 4.98. The molecule has 0 spiro atoms. The van der Waals surface area contributed by atoms with Crippen molar-refractivity contribution in [2.45, 2.75) is 12.3 Å². The summed E-state index contributed by atoms with van der Waals surface area (Å²) in [4.78, 5) is 0. The van der Waals surface area contributed by atoms with Crippen LogP contribution < -0.4 is 10.1 Å². The predicted octanol–water partition coefficient (Wildman–Crippen LogP) is 4.03. The van der Waals surface area contributed by atoms with E-state index in [0.717, 1.165) is 29.1 Å². The highest BCUT2D eigenvalue weighted by molar-refractivity contribution is 6.30. The van der Waals surface area contributed by atoms with Crippen molar-refractivity contribution in [1.82, 2.24) is 5.32 Å². The molecule has 2 aromatic rings. The molecule has 21 heavy (non-hydrogen) atoms. The van der Waals surface area contributed by atoms with Crippen LogP contribution in [0.4, 0.5) is 4.39 Å². The topological polar surface area (TPSA) is 21.3 Å². The lowest BCUT2D eigenvalue weighted by Crippen LogP contribution is -2.19. The average molecular weight is 308 g/mol. The van der Waals surface area contributed by atoms with E-state index in [-0.39, 0.29) is 17.5 Å². The van der Waals surface area contributed by atoms with Crippen molar-refractivity contribution in [2.24, 2.45) is 0 Å². The summed E-state index contributed by atoms with van der Waals surface area (Å²) in [6, 6.07) is 12.9. The molecule has 0 aliphatic heterocycles. The van der Waals surface area contributed by atoms with Gasteiger partial charge >= 0.3 is 0 Å². The van der Waals surface area contributed by atoms with Gasteiger partial charge in [-0.3, -0.25) is 0 Å². The number of rotatable bonds is 6. The number of likely N-dealkylation sites (N-methyl/N-ethyl adjacent to an activating group) is 1. The third-order valence-electron chi connectivity index (χ3n) is 3.47. The number of nitrogens with one attached hydrogen (secondary N) is 1. The highest BCUT2D eigenvalue weighted by atomic mass is 35.5. The van der Waals surface area contributed by atoms with E-state index in [1.54, 1.807) is 6.07 Å². The molecule has 0 bridgehead atoms. The number of benzene rings is 2. The quantitative estimate of drug-likeness (QED) is 0.870. The van der Waals surface area contributed by atoms with Crippen LogP contribution in [-0.2, 0) is 6.42 Å². The number of hydrogen-bond acceptors (Lipinski definition) is 2. The van der Waals surface area contributed by atoms with Gasteiger partial charge in [-0.25, -0.2) is 4.39 Å². The van der Waals surface area contributed by atoms with Gasteiger partial charge in [-0.05, 0) is 48.9 Å². The van der Waals surface area contributed by atoms with E-state index in [4.69, 9.17) is 16.3 Å². The summed E-state index contributed by atoms with van der Waals surface area (Å²) in [5, 5.41) is 3.90. The summed E-state index contributed by atoms with van der Waals surface area (Å²) in [5.41, 5.74) is 2.08. The van der Waals surface area contributed by atoms with Gasteiger partial charge in [0.2, 0.25) is 0 Å². The van der Waals surface area contributed by atoms with E-state index in [0.29, 0.717) is 0 Å². The zero-order valence-corrected chi connectivity index (χ0v) is 13.0. The zero-order chi connectivity index (χ0) is 15.2. The highest BCUT2D eigenvalue weighted by Gasteiger charge is 2.13. The van der Waals surface area contributed by atoms with E-state index >= 15 is 0 Å². The molecular formula is C17H19ClFNO. The fraction of sp³-hybridized carbons (Fsp3) is 0.294. The number of methoxy groups -OCH3 is 1. The molecular weight excluding hydrogens is 289 g/mol. The summed E-state index contributed by atoms with van der Waals surface area (Å²) >= 11 is 6.06. The molecule has 2 rings (SSSR count). The van der Waals surface area contributed by atoms with Gasteiger partial charge in [0.1, 0.15) is 0 Å². The van der Waals surface area contributed by atoms with Gasteiger partial charge < -0.3 is 10.1 Å². The first-order valence-electron chi connectivity index (χ1n) is 6.86. The predicted molar refractivity (Wildman–Crippen MR) is 84.8 cm³/mol. The number of hydrogen-bond donors (Lipinski definition) is 1. The third kappa shape index (κ3) is 4.19. The minimum atomic E-state index is -0.329. The highest BCUT2D eigenvalue weighted by Crippen LogP contribution is 2.25. The maximum Gasteiger partial charge on any atom is 0.165 e. The minimum Gasteiger partial charge on any atom is -0.494 e. The molecule has 0 saturated carbocycles. The van der Waals surface area contributed by atoms with Gasteiger partial charge in [-0.2, -0.15) is 0 Å². The first-order valence-corrected chi connectivity index (χ1v) is 7.24. The molecule has 2 nitrogen and oxygen atoms in total. The standard InChI is InChI=1S/C17H19ClFNO/c1-20-11-14(13-4-3-5-15(18)10-13)8-12-6-7-17(21-2)16(19)9-12/h3-7,9-10,14,20H,8,11H2,1-2H3. The Labute approximate surface area is 129 Å². The van der Waals surface area contributed by atoms with Crippen LogP contribution >= 0.6 is 11.6 Å².